The molecule has 1 heterocycles. The number of ether oxygens (including phenoxy) is 1. The zero-order chi connectivity index (χ0) is 13.0. The summed E-state index contributed by atoms with van der Waals surface area (Å²) in [7, 11) is 1.66. The number of hydrogen-bond donors (Lipinski definition) is 1. The van der Waals surface area contributed by atoms with Gasteiger partial charge in [0.2, 0.25) is 0 Å². The normalized spacial score (nSPS) is 10.6. The van der Waals surface area contributed by atoms with Crippen molar-refractivity contribution < 1.29 is 9.15 Å². The lowest BCUT2D eigenvalue weighted by Gasteiger charge is -2.08. The molecular weight excluding hydrogens is 228 g/mol. The molecule has 0 radical (unpaired) electrons. The van der Waals surface area contributed by atoms with Crippen LogP contribution in [0.25, 0.3) is 11.3 Å². The zero-order valence-corrected chi connectivity index (χ0v) is 11.0. The Hall–Kier alpha value is -1.81. The summed E-state index contributed by atoms with van der Waals surface area (Å²) in [5.41, 5.74) is 3.01. The lowest BCUT2D eigenvalue weighted by atomic mass is 10.1. The summed E-state index contributed by atoms with van der Waals surface area (Å²) in [6.45, 7) is 5.70. The summed E-state index contributed by atoms with van der Waals surface area (Å²) in [5, 5.41) is 3.25. The molecule has 18 heavy (non-hydrogen) atoms. The molecule has 0 bridgehead atoms. The van der Waals surface area contributed by atoms with Crippen molar-refractivity contribution in [2.24, 2.45) is 0 Å². The Morgan fingerprint density at radius 1 is 1.39 bits per heavy atom. The van der Waals surface area contributed by atoms with Crippen molar-refractivity contribution in [3.8, 4) is 17.1 Å². The predicted octanol–water partition coefficient (Wildman–Crippen LogP) is 2.77. The van der Waals surface area contributed by atoms with E-state index in [0.29, 0.717) is 6.54 Å². The molecular formula is C14H18N2O2. The molecule has 2 aromatic rings. The fraction of sp³-hybridized carbons (Fsp3) is 0.357. The third kappa shape index (κ3) is 2.54. The molecule has 1 aromatic heterocycles. The minimum atomic E-state index is 0.694. The number of nitrogens with zero attached hydrogens (tertiary/aromatic N) is 1. The minimum Gasteiger partial charge on any atom is -0.496 e. The maximum Gasteiger partial charge on any atom is 0.181 e. The Bertz CT molecular complexity index is 520. The summed E-state index contributed by atoms with van der Waals surface area (Å²) in [4.78, 5) is 4.25. The molecule has 0 fully saturated rings. The molecule has 4 heteroatoms. The van der Waals surface area contributed by atoms with Gasteiger partial charge in [0, 0.05) is 6.54 Å². The maximum atomic E-state index is 5.51. The van der Waals surface area contributed by atoms with E-state index in [2.05, 4.69) is 23.3 Å². The van der Waals surface area contributed by atoms with Crippen LogP contribution < -0.4 is 10.1 Å². The van der Waals surface area contributed by atoms with Crippen molar-refractivity contribution in [2.75, 3.05) is 13.7 Å². The van der Waals surface area contributed by atoms with E-state index in [4.69, 9.17) is 9.15 Å². The maximum absolute atomic E-state index is 5.51. The summed E-state index contributed by atoms with van der Waals surface area (Å²) >= 11 is 0. The Morgan fingerprint density at radius 3 is 2.94 bits per heavy atom. The number of aromatic nitrogens is 1. The first kappa shape index (κ1) is 12.6. The monoisotopic (exact) mass is 246 g/mol. The van der Waals surface area contributed by atoms with Crippen LogP contribution in [0, 0.1) is 6.92 Å². The first-order chi connectivity index (χ1) is 8.76. The first-order valence-corrected chi connectivity index (χ1v) is 6.04. The molecule has 0 spiro atoms. The number of nitrogens with one attached hydrogen (secondary N) is 1. The molecule has 1 N–H and O–H groups in total. The number of oxazole rings is 1. The van der Waals surface area contributed by atoms with Crippen molar-refractivity contribution in [3.63, 3.8) is 0 Å². The molecule has 1 aromatic carbocycles. The highest BCUT2D eigenvalue weighted by Crippen LogP contribution is 2.32. The van der Waals surface area contributed by atoms with Crippen molar-refractivity contribution in [1.82, 2.24) is 10.3 Å². The predicted molar refractivity (Wildman–Crippen MR) is 70.6 cm³/mol. The Balaban J connectivity index is 2.41. The van der Waals surface area contributed by atoms with Crippen LogP contribution in [0.4, 0.5) is 0 Å². The molecule has 0 amide bonds. The van der Waals surface area contributed by atoms with E-state index in [1.54, 1.807) is 7.11 Å². The highest BCUT2D eigenvalue weighted by molar-refractivity contribution is 5.68. The lowest BCUT2D eigenvalue weighted by molar-refractivity contribution is 0.414. The molecule has 0 atom stereocenters. The second kappa shape index (κ2) is 5.69. The van der Waals surface area contributed by atoms with Gasteiger partial charge in [0.15, 0.2) is 12.2 Å². The summed E-state index contributed by atoms with van der Waals surface area (Å²) in [6, 6.07) is 6.02. The van der Waals surface area contributed by atoms with E-state index >= 15 is 0 Å². The van der Waals surface area contributed by atoms with Gasteiger partial charge in [-0.25, -0.2) is 4.98 Å². The van der Waals surface area contributed by atoms with Crippen LogP contribution in [-0.4, -0.2) is 18.6 Å². The second-order valence-electron chi connectivity index (χ2n) is 4.11. The molecule has 0 unspecified atom stereocenters. The van der Waals surface area contributed by atoms with Gasteiger partial charge in [0.05, 0.1) is 12.7 Å². The molecule has 96 valence electrons. The van der Waals surface area contributed by atoms with Crippen molar-refractivity contribution in [3.05, 3.63) is 35.9 Å². The molecule has 0 aliphatic heterocycles. The molecule has 0 aliphatic carbocycles. The molecule has 0 saturated heterocycles. The van der Waals surface area contributed by atoms with E-state index in [1.807, 2.05) is 19.1 Å². The van der Waals surface area contributed by atoms with Crippen molar-refractivity contribution in [1.29, 1.82) is 0 Å². The van der Waals surface area contributed by atoms with Crippen LogP contribution in [0.3, 0.4) is 0 Å². The smallest absolute Gasteiger partial charge is 0.181 e. The van der Waals surface area contributed by atoms with Gasteiger partial charge in [-0.05, 0) is 25.6 Å². The van der Waals surface area contributed by atoms with Gasteiger partial charge < -0.3 is 14.5 Å². The SMILES string of the molecule is CCNCc1ncoc1-c1cc(C)ccc1OC. The topological polar surface area (TPSA) is 47.3 Å². The Kier molecular flexibility index (Phi) is 3.99. The largest absolute Gasteiger partial charge is 0.496 e. The average molecular weight is 246 g/mol. The van der Waals surface area contributed by atoms with E-state index in [-0.39, 0.29) is 0 Å². The number of aryl methyl sites for hydroxylation is 1. The average Bonchev–Trinajstić information content (AvgIpc) is 2.84. The third-order valence-corrected chi connectivity index (χ3v) is 2.78. The zero-order valence-electron chi connectivity index (χ0n) is 11.0. The van der Waals surface area contributed by atoms with E-state index in [0.717, 1.165) is 34.9 Å². The number of methoxy groups -OCH3 is 1. The van der Waals surface area contributed by atoms with Gasteiger partial charge in [0.1, 0.15) is 11.4 Å². The summed E-state index contributed by atoms with van der Waals surface area (Å²) < 4.78 is 10.9. The number of benzene rings is 1. The third-order valence-electron chi connectivity index (χ3n) is 2.78. The van der Waals surface area contributed by atoms with Crippen LogP contribution in [0.5, 0.6) is 5.75 Å². The number of hydrogen-bond acceptors (Lipinski definition) is 4. The van der Waals surface area contributed by atoms with Crippen LogP contribution >= 0.6 is 0 Å². The highest BCUT2D eigenvalue weighted by Gasteiger charge is 2.15. The number of rotatable bonds is 5. The van der Waals surface area contributed by atoms with Crippen LogP contribution in [0.2, 0.25) is 0 Å². The van der Waals surface area contributed by atoms with Gasteiger partial charge >= 0.3 is 0 Å². The fourth-order valence-corrected chi connectivity index (χ4v) is 1.86. The Labute approximate surface area is 107 Å². The van der Waals surface area contributed by atoms with Crippen molar-refractivity contribution >= 4 is 0 Å². The summed E-state index contributed by atoms with van der Waals surface area (Å²) in [6.07, 6.45) is 1.48. The van der Waals surface area contributed by atoms with Gasteiger partial charge in [-0.1, -0.05) is 18.6 Å². The molecule has 4 nitrogen and oxygen atoms in total. The van der Waals surface area contributed by atoms with Crippen LogP contribution in [0.1, 0.15) is 18.2 Å². The quantitative estimate of drug-likeness (QED) is 0.881. The van der Waals surface area contributed by atoms with Gasteiger partial charge in [0.25, 0.3) is 0 Å². The standard InChI is InChI=1S/C14H18N2O2/c1-4-15-8-12-14(18-9-16-12)11-7-10(2)5-6-13(11)17-3/h5-7,9,15H,4,8H2,1-3H3. The fourth-order valence-electron chi connectivity index (χ4n) is 1.86. The lowest BCUT2D eigenvalue weighted by Crippen LogP contribution is -2.12. The van der Waals surface area contributed by atoms with Crippen molar-refractivity contribution in [2.45, 2.75) is 20.4 Å². The first-order valence-electron chi connectivity index (χ1n) is 6.04. The summed E-state index contributed by atoms with van der Waals surface area (Å²) in [5.74, 6) is 1.58. The van der Waals surface area contributed by atoms with Crippen LogP contribution in [-0.2, 0) is 6.54 Å². The van der Waals surface area contributed by atoms with Crippen LogP contribution in [0.15, 0.2) is 29.0 Å². The van der Waals surface area contributed by atoms with E-state index in [1.165, 1.54) is 6.39 Å². The highest BCUT2D eigenvalue weighted by atomic mass is 16.5. The van der Waals surface area contributed by atoms with E-state index < -0.39 is 0 Å². The Morgan fingerprint density at radius 2 is 2.22 bits per heavy atom. The molecule has 0 saturated carbocycles. The minimum absolute atomic E-state index is 0.694. The van der Waals surface area contributed by atoms with Gasteiger partial charge in [-0.2, -0.15) is 0 Å². The van der Waals surface area contributed by atoms with E-state index in [9.17, 15) is 0 Å². The van der Waals surface area contributed by atoms with Gasteiger partial charge in [-0.15, -0.1) is 0 Å². The second-order valence-corrected chi connectivity index (χ2v) is 4.11. The molecule has 0 aliphatic rings. The molecule has 2 rings (SSSR count). The van der Waals surface area contributed by atoms with Gasteiger partial charge in [-0.3, -0.25) is 0 Å².